The van der Waals surface area contributed by atoms with Crippen LogP contribution in [0.5, 0.6) is 0 Å². The second kappa shape index (κ2) is 6.91. The molecule has 3 heterocycles. The second-order valence-corrected chi connectivity index (χ2v) is 7.46. The Kier molecular flexibility index (Phi) is 4.26. The Morgan fingerprint density at radius 2 is 1.70 bits per heavy atom. The molecule has 2 aromatic carbocycles. The lowest BCUT2D eigenvalue weighted by Crippen LogP contribution is -2.50. The average molecular weight is 360 g/mol. The molecule has 0 aliphatic carbocycles. The molecule has 2 aliphatic rings. The highest BCUT2D eigenvalue weighted by Gasteiger charge is 2.41. The van der Waals surface area contributed by atoms with Crippen LogP contribution in [0.4, 0.5) is 5.82 Å². The summed E-state index contributed by atoms with van der Waals surface area (Å²) in [7, 11) is 0. The van der Waals surface area contributed by atoms with Gasteiger partial charge < -0.3 is 9.64 Å². The summed E-state index contributed by atoms with van der Waals surface area (Å²) in [6, 6.07) is 19.2. The van der Waals surface area contributed by atoms with E-state index < -0.39 is 0 Å². The fourth-order valence-electron chi connectivity index (χ4n) is 4.32. The van der Waals surface area contributed by atoms with Crippen molar-refractivity contribution < 1.29 is 4.74 Å². The maximum absolute atomic E-state index is 6.12. The fraction of sp³-hybridized carbons (Fsp3) is 0.364. The number of ether oxygens (including phenoxy) is 1. The van der Waals surface area contributed by atoms with Crippen molar-refractivity contribution >= 4 is 16.9 Å². The van der Waals surface area contributed by atoms with Gasteiger partial charge in [0.15, 0.2) is 5.82 Å². The number of hydrogen-bond acceptors (Lipinski definition) is 5. The van der Waals surface area contributed by atoms with Crippen LogP contribution in [0.25, 0.3) is 11.0 Å². The van der Waals surface area contributed by atoms with Crippen LogP contribution in [0.3, 0.4) is 0 Å². The Morgan fingerprint density at radius 1 is 0.963 bits per heavy atom. The van der Waals surface area contributed by atoms with Gasteiger partial charge in [-0.3, -0.25) is 4.90 Å². The number of nitrogens with zero attached hydrogens (tertiary/aromatic N) is 4. The molecule has 27 heavy (non-hydrogen) atoms. The maximum Gasteiger partial charge on any atom is 0.150 e. The van der Waals surface area contributed by atoms with E-state index in [0.29, 0.717) is 6.04 Å². The lowest BCUT2D eigenvalue weighted by Gasteiger charge is -2.36. The summed E-state index contributed by atoms with van der Waals surface area (Å²) in [5, 5.41) is 0. The molecule has 3 aromatic rings. The molecule has 2 saturated heterocycles. The van der Waals surface area contributed by atoms with Crippen LogP contribution in [0.2, 0.25) is 0 Å². The molecule has 0 radical (unpaired) electrons. The first-order chi connectivity index (χ1) is 13.3. The molecule has 0 amide bonds. The first-order valence-electron chi connectivity index (χ1n) is 9.66. The quantitative estimate of drug-likeness (QED) is 0.718. The standard InChI is InChI=1S/C22H24N4O/c1-16-22(24-19-10-6-5-9-18(19)23-16)26-14-20-21(15-26)27-12-11-25(20)13-17-7-3-2-4-8-17/h2-10,20-21H,11-15H2,1H3. The van der Waals surface area contributed by atoms with E-state index in [1.807, 2.05) is 24.3 Å². The van der Waals surface area contributed by atoms with Crippen molar-refractivity contribution in [2.24, 2.45) is 0 Å². The summed E-state index contributed by atoms with van der Waals surface area (Å²) >= 11 is 0. The molecular weight excluding hydrogens is 336 g/mol. The third kappa shape index (κ3) is 3.17. The topological polar surface area (TPSA) is 41.5 Å². The number of fused-ring (bicyclic) bond motifs is 2. The lowest BCUT2D eigenvalue weighted by atomic mass is 10.1. The van der Waals surface area contributed by atoms with Crippen molar-refractivity contribution in [3.05, 3.63) is 65.9 Å². The molecule has 2 aliphatic heterocycles. The van der Waals surface area contributed by atoms with Gasteiger partial charge in [0.05, 0.1) is 35.5 Å². The first kappa shape index (κ1) is 16.7. The minimum Gasteiger partial charge on any atom is -0.373 e. The van der Waals surface area contributed by atoms with Gasteiger partial charge in [0.1, 0.15) is 0 Å². The number of anilines is 1. The van der Waals surface area contributed by atoms with E-state index in [0.717, 1.165) is 55.3 Å². The summed E-state index contributed by atoms with van der Waals surface area (Å²) in [6.45, 7) is 6.62. The van der Waals surface area contributed by atoms with E-state index in [2.05, 4.69) is 47.1 Å². The Bertz CT molecular complexity index is 945. The molecule has 5 rings (SSSR count). The molecule has 5 nitrogen and oxygen atoms in total. The van der Waals surface area contributed by atoms with Crippen molar-refractivity contribution in [2.75, 3.05) is 31.1 Å². The molecule has 138 valence electrons. The van der Waals surface area contributed by atoms with Crippen molar-refractivity contribution in [3.8, 4) is 0 Å². The summed E-state index contributed by atoms with van der Waals surface area (Å²) in [5.74, 6) is 0.992. The normalized spacial score (nSPS) is 22.9. The van der Waals surface area contributed by atoms with Gasteiger partial charge in [-0.2, -0.15) is 0 Å². The zero-order valence-corrected chi connectivity index (χ0v) is 15.6. The Balaban J connectivity index is 1.40. The Hall–Kier alpha value is -2.50. The molecule has 5 heteroatoms. The summed E-state index contributed by atoms with van der Waals surface area (Å²) in [6.07, 6.45) is 0.232. The van der Waals surface area contributed by atoms with Gasteiger partial charge in [0.25, 0.3) is 0 Å². The third-order valence-electron chi connectivity index (χ3n) is 5.66. The molecular formula is C22H24N4O. The monoisotopic (exact) mass is 360 g/mol. The van der Waals surface area contributed by atoms with Crippen LogP contribution in [0.1, 0.15) is 11.3 Å². The second-order valence-electron chi connectivity index (χ2n) is 7.46. The first-order valence-corrected chi connectivity index (χ1v) is 9.66. The highest BCUT2D eigenvalue weighted by atomic mass is 16.5. The molecule has 2 fully saturated rings. The van der Waals surface area contributed by atoms with Crippen LogP contribution in [0, 0.1) is 6.92 Å². The van der Waals surface area contributed by atoms with Gasteiger partial charge in [0.2, 0.25) is 0 Å². The number of para-hydroxylation sites is 2. The highest BCUT2D eigenvalue weighted by molar-refractivity contribution is 5.76. The van der Waals surface area contributed by atoms with E-state index in [-0.39, 0.29) is 6.10 Å². The maximum atomic E-state index is 6.12. The van der Waals surface area contributed by atoms with Gasteiger partial charge in [-0.05, 0) is 24.6 Å². The molecule has 2 atom stereocenters. The Morgan fingerprint density at radius 3 is 2.52 bits per heavy atom. The lowest BCUT2D eigenvalue weighted by molar-refractivity contribution is -0.0499. The summed E-state index contributed by atoms with van der Waals surface area (Å²) in [4.78, 5) is 14.6. The highest BCUT2D eigenvalue weighted by Crippen LogP contribution is 2.29. The van der Waals surface area contributed by atoms with Crippen molar-refractivity contribution in [1.29, 1.82) is 0 Å². The number of benzene rings is 2. The molecule has 1 aromatic heterocycles. The van der Waals surface area contributed by atoms with E-state index in [1.54, 1.807) is 0 Å². The summed E-state index contributed by atoms with van der Waals surface area (Å²) in [5.41, 5.74) is 4.26. The van der Waals surface area contributed by atoms with E-state index in [4.69, 9.17) is 14.7 Å². The minimum absolute atomic E-state index is 0.232. The SMILES string of the molecule is Cc1nc2ccccc2nc1N1CC2OCCN(Cc3ccccc3)C2C1. The van der Waals surface area contributed by atoms with Gasteiger partial charge in [-0.1, -0.05) is 42.5 Å². The molecule has 0 bridgehead atoms. The van der Waals surface area contributed by atoms with E-state index in [9.17, 15) is 0 Å². The minimum atomic E-state index is 0.232. The molecule has 0 spiro atoms. The van der Waals surface area contributed by atoms with Crippen LogP contribution in [-0.4, -0.2) is 53.3 Å². The van der Waals surface area contributed by atoms with Crippen LogP contribution >= 0.6 is 0 Å². The van der Waals surface area contributed by atoms with Gasteiger partial charge in [-0.25, -0.2) is 9.97 Å². The smallest absolute Gasteiger partial charge is 0.150 e. The van der Waals surface area contributed by atoms with Crippen LogP contribution in [0.15, 0.2) is 54.6 Å². The Labute approximate surface area is 159 Å². The van der Waals surface area contributed by atoms with E-state index in [1.165, 1.54) is 5.56 Å². The van der Waals surface area contributed by atoms with Gasteiger partial charge in [0, 0.05) is 26.2 Å². The van der Waals surface area contributed by atoms with Crippen LogP contribution in [-0.2, 0) is 11.3 Å². The van der Waals surface area contributed by atoms with Crippen molar-refractivity contribution in [1.82, 2.24) is 14.9 Å². The van der Waals surface area contributed by atoms with E-state index >= 15 is 0 Å². The molecule has 0 saturated carbocycles. The summed E-state index contributed by atoms with van der Waals surface area (Å²) < 4.78 is 6.12. The third-order valence-corrected chi connectivity index (χ3v) is 5.66. The predicted molar refractivity (Wildman–Crippen MR) is 107 cm³/mol. The number of aryl methyl sites for hydroxylation is 1. The largest absolute Gasteiger partial charge is 0.373 e. The number of hydrogen-bond donors (Lipinski definition) is 0. The van der Waals surface area contributed by atoms with Gasteiger partial charge >= 0.3 is 0 Å². The molecule has 2 unspecified atom stereocenters. The number of aromatic nitrogens is 2. The van der Waals surface area contributed by atoms with Crippen molar-refractivity contribution in [2.45, 2.75) is 25.6 Å². The number of rotatable bonds is 3. The molecule has 0 N–H and O–H groups in total. The average Bonchev–Trinajstić information content (AvgIpc) is 3.13. The zero-order chi connectivity index (χ0) is 18.2. The van der Waals surface area contributed by atoms with Crippen molar-refractivity contribution in [3.63, 3.8) is 0 Å². The number of morpholine rings is 1. The van der Waals surface area contributed by atoms with Gasteiger partial charge in [-0.15, -0.1) is 0 Å². The fourth-order valence-corrected chi connectivity index (χ4v) is 4.32. The predicted octanol–water partition coefficient (Wildman–Crippen LogP) is 3.03. The zero-order valence-electron chi connectivity index (χ0n) is 15.6. The van der Waals surface area contributed by atoms with Crippen LogP contribution < -0.4 is 4.90 Å².